The van der Waals surface area contributed by atoms with Crippen LogP contribution in [0.2, 0.25) is 0 Å². The number of hydrogen-bond acceptors (Lipinski definition) is 3. The number of carbonyl (C=O) groups is 1. The smallest absolute Gasteiger partial charge is 0.238 e. The van der Waals surface area contributed by atoms with Crippen LogP contribution in [0.3, 0.4) is 0 Å². The standard InChI is InChI=1S/C6H15N3O/c1-3-5(9-7)6(10)8-4-2/h5,9H,3-4,7H2,1-2H3,(H,8,10)/t5-/m0/s1. The van der Waals surface area contributed by atoms with E-state index in [9.17, 15) is 4.79 Å². The van der Waals surface area contributed by atoms with Crippen LogP contribution in [0.25, 0.3) is 0 Å². The first kappa shape index (κ1) is 9.39. The van der Waals surface area contributed by atoms with E-state index >= 15 is 0 Å². The molecular formula is C6H15N3O. The van der Waals surface area contributed by atoms with E-state index in [2.05, 4.69) is 10.7 Å². The summed E-state index contributed by atoms with van der Waals surface area (Å²) in [6.45, 7) is 4.43. The summed E-state index contributed by atoms with van der Waals surface area (Å²) in [5.74, 6) is 5.07. The third-order valence-electron chi connectivity index (χ3n) is 1.28. The normalized spacial score (nSPS) is 12.7. The number of nitrogens with two attached hydrogens (primary N) is 1. The van der Waals surface area contributed by atoms with Crippen LogP contribution in [-0.4, -0.2) is 18.5 Å². The molecule has 10 heavy (non-hydrogen) atoms. The van der Waals surface area contributed by atoms with E-state index in [-0.39, 0.29) is 11.9 Å². The molecule has 0 fully saturated rings. The number of likely N-dealkylation sites (N-methyl/N-ethyl adjacent to an activating group) is 1. The van der Waals surface area contributed by atoms with E-state index in [1.165, 1.54) is 0 Å². The molecular weight excluding hydrogens is 130 g/mol. The van der Waals surface area contributed by atoms with Gasteiger partial charge < -0.3 is 5.32 Å². The molecule has 0 saturated carbocycles. The average molecular weight is 145 g/mol. The van der Waals surface area contributed by atoms with Gasteiger partial charge in [-0.25, -0.2) is 5.43 Å². The van der Waals surface area contributed by atoms with Crippen molar-refractivity contribution in [2.24, 2.45) is 5.84 Å². The highest BCUT2D eigenvalue weighted by Gasteiger charge is 2.11. The Morgan fingerprint density at radius 2 is 2.20 bits per heavy atom. The molecule has 0 saturated heterocycles. The molecule has 0 aromatic heterocycles. The third-order valence-corrected chi connectivity index (χ3v) is 1.28. The van der Waals surface area contributed by atoms with Crippen LogP contribution in [0.4, 0.5) is 0 Å². The molecule has 0 bridgehead atoms. The second kappa shape index (κ2) is 5.20. The van der Waals surface area contributed by atoms with Crippen LogP contribution in [-0.2, 0) is 4.79 Å². The van der Waals surface area contributed by atoms with Gasteiger partial charge in [-0.1, -0.05) is 6.92 Å². The van der Waals surface area contributed by atoms with Gasteiger partial charge in [0.1, 0.15) is 0 Å². The largest absolute Gasteiger partial charge is 0.355 e. The maximum Gasteiger partial charge on any atom is 0.238 e. The Hall–Kier alpha value is -0.610. The second-order valence-corrected chi connectivity index (χ2v) is 2.02. The van der Waals surface area contributed by atoms with Crippen molar-refractivity contribution < 1.29 is 4.79 Å². The van der Waals surface area contributed by atoms with Crippen LogP contribution < -0.4 is 16.6 Å². The van der Waals surface area contributed by atoms with E-state index in [1.807, 2.05) is 13.8 Å². The molecule has 0 aliphatic carbocycles. The van der Waals surface area contributed by atoms with Gasteiger partial charge in [0.2, 0.25) is 5.91 Å². The molecule has 0 aromatic rings. The highest BCUT2D eigenvalue weighted by molar-refractivity contribution is 5.81. The summed E-state index contributed by atoms with van der Waals surface area (Å²) in [6.07, 6.45) is 0.711. The van der Waals surface area contributed by atoms with Crippen LogP contribution in [0.15, 0.2) is 0 Å². The van der Waals surface area contributed by atoms with Crippen molar-refractivity contribution in [2.75, 3.05) is 6.54 Å². The summed E-state index contributed by atoms with van der Waals surface area (Å²) in [7, 11) is 0. The SMILES string of the molecule is CCNC(=O)[C@H](CC)NN. The van der Waals surface area contributed by atoms with Crippen molar-refractivity contribution in [2.45, 2.75) is 26.3 Å². The third kappa shape index (κ3) is 2.80. The molecule has 0 unspecified atom stereocenters. The lowest BCUT2D eigenvalue weighted by molar-refractivity contribution is -0.123. The summed E-state index contributed by atoms with van der Waals surface area (Å²) in [6, 6.07) is -0.250. The fourth-order valence-corrected chi connectivity index (χ4v) is 0.676. The van der Waals surface area contributed by atoms with E-state index in [1.54, 1.807) is 0 Å². The topological polar surface area (TPSA) is 67.2 Å². The lowest BCUT2D eigenvalue weighted by Crippen LogP contribution is -2.46. The molecule has 4 N–H and O–H groups in total. The first-order valence-corrected chi connectivity index (χ1v) is 3.50. The van der Waals surface area contributed by atoms with Gasteiger partial charge in [-0.05, 0) is 13.3 Å². The van der Waals surface area contributed by atoms with Crippen LogP contribution in [0, 0.1) is 0 Å². The lowest BCUT2D eigenvalue weighted by Gasteiger charge is -2.11. The average Bonchev–Trinajstić information content (AvgIpc) is 1.91. The van der Waals surface area contributed by atoms with Crippen molar-refractivity contribution in [3.05, 3.63) is 0 Å². The zero-order valence-corrected chi connectivity index (χ0v) is 6.48. The minimum absolute atomic E-state index is 0.0347. The lowest BCUT2D eigenvalue weighted by atomic mass is 10.2. The Balaban J connectivity index is 3.65. The number of nitrogens with one attached hydrogen (secondary N) is 2. The zero-order valence-electron chi connectivity index (χ0n) is 6.48. The van der Waals surface area contributed by atoms with E-state index in [0.29, 0.717) is 13.0 Å². The predicted molar refractivity (Wildman–Crippen MR) is 40.1 cm³/mol. The van der Waals surface area contributed by atoms with Crippen molar-refractivity contribution in [3.8, 4) is 0 Å². The monoisotopic (exact) mass is 145 g/mol. The van der Waals surface area contributed by atoms with E-state index in [0.717, 1.165) is 0 Å². The van der Waals surface area contributed by atoms with Crippen LogP contribution in [0.5, 0.6) is 0 Å². The molecule has 0 radical (unpaired) electrons. The van der Waals surface area contributed by atoms with E-state index < -0.39 is 0 Å². The zero-order chi connectivity index (χ0) is 7.98. The minimum Gasteiger partial charge on any atom is -0.355 e. The van der Waals surface area contributed by atoms with Gasteiger partial charge in [0.25, 0.3) is 0 Å². The fraction of sp³-hybridized carbons (Fsp3) is 0.833. The number of hydrogen-bond donors (Lipinski definition) is 3. The van der Waals surface area contributed by atoms with E-state index in [4.69, 9.17) is 5.84 Å². The Bertz CT molecular complexity index is 101. The van der Waals surface area contributed by atoms with Crippen molar-refractivity contribution in [1.82, 2.24) is 10.7 Å². The van der Waals surface area contributed by atoms with Crippen molar-refractivity contribution in [3.63, 3.8) is 0 Å². The molecule has 0 aliphatic rings. The minimum atomic E-state index is -0.250. The quantitative estimate of drug-likeness (QED) is 0.364. The van der Waals surface area contributed by atoms with Crippen molar-refractivity contribution in [1.29, 1.82) is 0 Å². The summed E-state index contributed by atoms with van der Waals surface area (Å²) in [5, 5.41) is 2.67. The fourth-order valence-electron chi connectivity index (χ4n) is 0.676. The summed E-state index contributed by atoms with van der Waals surface area (Å²) in [4.78, 5) is 11.0. The van der Waals surface area contributed by atoms with Gasteiger partial charge in [-0.15, -0.1) is 0 Å². The first-order chi connectivity index (χ1) is 4.76. The van der Waals surface area contributed by atoms with Gasteiger partial charge in [0, 0.05) is 6.54 Å². The summed E-state index contributed by atoms with van der Waals surface area (Å²) in [5.41, 5.74) is 2.42. The number of amides is 1. The van der Waals surface area contributed by atoms with Crippen LogP contribution >= 0.6 is 0 Å². The number of rotatable bonds is 4. The predicted octanol–water partition coefficient (Wildman–Crippen LogP) is -0.636. The molecule has 0 aromatic carbocycles. The van der Waals surface area contributed by atoms with Crippen molar-refractivity contribution >= 4 is 5.91 Å². The van der Waals surface area contributed by atoms with Gasteiger partial charge in [0.15, 0.2) is 0 Å². The first-order valence-electron chi connectivity index (χ1n) is 3.50. The molecule has 1 atom stereocenters. The molecule has 1 amide bonds. The Morgan fingerprint density at radius 3 is 2.50 bits per heavy atom. The maximum atomic E-state index is 11.0. The molecule has 0 aliphatic heterocycles. The second-order valence-electron chi connectivity index (χ2n) is 2.02. The summed E-state index contributed by atoms with van der Waals surface area (Å²) < 4.78 is 0. The highest BCUT2D eigenvalue weighted by atomic mass is 16.2. The molecule has 0 rings (SSSR count). The molecule has 4 nitrogen and oxygen atoms in total. The van der Waals surface area contributed by atoms with Gasteiger partial charge in [-0.2, -0.15) is 0 Å². The maximum absolute atomic E-state index is 11.0. The van der Waals surface area contributed by atoms with Crippen LogP contribution in [0.1, 0.15) is 20.3 Å². The molecule has 60 valence electrons. The van der Waals surface area contributed by atoms with Gasteiger partial charge in [0.05, 0.1) is 6.04 Å². The molecule has 0 heterocycles. The Labute approximate surface area is 61.1 Å². The number of hydrazine groups is 1. The van der Waals surface area contributed by atoms with Gasteiger partial charge in [-0.3, -0.25) is 10.6 Å². The Morgan fingerprint density at radius 1 is 1.60 bits per heavy atom. The molecule has 0 spiro atoms. The highest BCUT2D eigenvalue weighted by Crippen LogP contribution is 1.86. The Kier molecular flexibility index (Phi) is 4.88. The molecule has 4 heteroatoms. The van der Waals surface area contributed by atoms with Gasteiger partial charge >= 0.3 is 0 Å². The number of carbonyl (C=O) groups excluding carboxylic acids is 1. The summed E-state index contributed by atoms with van der Waals surface area (Å²) >= 11 is 0.